The smallest absolute Gasteiger partial charge is 0.271 e. The molecule has 94 valence electrons. The van der Waals surface area contributed by atoms with Crippen LogP contribution in [-0.4, -0.2) is 17.4 Å². The average molecular weight is 246 g/mol. The predicted molar refractivity (Wildman–Crippen MR) is 66.7 cm³/mol. The van der Waals surface area contributed by atoms with Crippen molar-refractivity contribution >= 4 is 17.3 Å². The van der Waals surface area contributed by atoms with Crippen LogP contribution in [0.5, 0.6) is 0 Å². The van der Waals surface area contributed by atoms with Gasteiger partial charge in [-0.05, 0) is 24.5 Å². The summed E-state index contributed by atoms with van der Waals surface area (Å²) in [6.07, 6.45) is 2.58. The standard InChI is InChI=1S/C13H14N2O3/c1-2-12(16)14-8-13(5-6-13)10-4-3-9(15(17)18)7-11(10)14/h3-4,7H,2,5-6,8H2,1H3. The fourth-order valence-corrected chi connectivity index (χ4v) is 2.77. The summed E-state index contributed by atoms with van der Waals surface area (Å²) >= 11 is 0. The largest absolute Gasteiger partial charge is 0.311 e. The third-order valence-corrected chi connectivity index (χ3v) is 3.97. The molecule has 3 rings (SSSR count). The van der Waals surface area contributed by atoms with E-state index in [0.717, 1.165) is 24.1 Å². The van der Waals surface area contributed by atoms with E-state index >= 15 is 0 Å². The summed E-state index contributed by atoms with van der Waals surface area (Å²) in [4.78, 5) is 24.1. The van der Waals surface area contributed by atoms with Gasteiger partial charge in [0.25, 0.3) is 5.69 Å². The van der Waals surface area contributed by atoms with Crippen LogP contribution in [0.15, 0.2) is 18.2 Å². The molecular weight excluding hydrogens is 232 g/mol. The molecule has 0 aromatic heterocycles. The number of amides is 1. The number of hydrogen-bond acceptors (Lipinski definition) is 3. The van der Waals surface area contributed by atoms with Gasteiger partial charge in [0.2, 0.25) is 5.91 Å². The second-order valence-corrected chi connectivity index (χ2v) is 5.07. The van der Waals surface area contributed by atoms with Gasteiger partial charge in [-0.25, -0.2) is 0 Å². The van der Waals surface area contributed by atoms with Crippen LogP contribution in [0.2, 0.25) is 0 Å². The normalized spacial score (nSPS) is 18.8. The molecule has 0 unspecified atom stereocenters. The minimum atomic E-state index is -0.410. The number of carbonyl (C=O) groups excluding carboxylic acids is 1. The van der Waals surface area contributed by atoms with Gasteiger partial charge in [0.15, 0.2) is 0 Å². The molecule has 0 N–H and O–H groups in total. The summed E-state index contributed by atoms with van der Waals surface area (Å²) in [5.41, 5.74) is 2.00. The van der Waals surface area contributed by atoms with Crippen molar-refractivity contribution in [1.82, 2.24) is 0 Å². The number of benzene rings is 1. The maximum absolute atomic E-state index is 11.9. The molecule has 1 aliphatic carbocycles. The minimum Gasteiger partial charge on any atom is -0.311 e. The lowest BCUT2D eigenvalue weighted by Crippen LogP contribution is -2.30. The Balaban J connectivity index is 2.09. The summed E-state index contributed by atoms with van der Waals surface area (Å²) < 4.78 is 0. The van der Waals surface area contributed by atoms with Gasteiger partial charge in [0.1, 0.15) is 0 Å². The highest BCUT2D eigenvalue weighted by molar-refractivity contribution is 5.97. The fraction of sp³-hybridized carbons (Fsp3) is 0.462. The molecular formula is C13H14N2O3. The highest BCUT2D eigenvalue weighted by Gasteiger charge is 2.53. The number of nitro benzene ring substituents is 1. The maximum Gasteiger partial charge on any atom is 0.271 e. The lowest BCUT2D eigenvalue weighted by Gasteiger charge is -2.16. The van der Waals surface area contributed by atoms with Gasteiger partial charge in [0, 0.05) is 30.5 Å². The monoisotopic (exact) mass is 246 g/mol. The number of nitrogens with zero attached hydrogens (tertiary/aromatic N) is 2. The van der Waals surface area contributed by atoms with E-state index in [-0.39, 0.29) is 17.0 Å². The van der Waals surface area contributed by atoms with Crippen molar-refractivity contribution in [3.8, 4) is 0 Å². The Kier molecular flexibility index (Phi) is 2.20. The topological polar surface area (TPSA) is 63.5 Å². The van der Waals surface area contributed by atoms with Crippen molar-refractivity contribution in [3.63, 3.8) is 0 Å². The summed E-state index contributed by atoms with van der Waals surface area (Å²) in [7, 11) is 0. The number of carbonyl (C=O) groups is 1. The molecule has 1 amide bonds. The Morgan fingerprint density at radius 1 is 1.50 bits per heavy atom. The van der Waals surface area contributed by atoms with Crippen molar-refractivity contribution in [3.05, 3.63) is 33.9 Å². The van der Waals surface area contributed by atoms with E-state index < -0.39 is 4.92 Å². The van der Waals surface area contributed by atoms with Crippen molar-refractivity contribution in [2.45, 2.75) is 31.6 Å². The van der Waals surface area contributed by atoms with E-state index in [4.69, 9.17) is 0 Å². The first kappa shape index (κ1) is 11.2. The van der Waals surface area contributed by atoms with E-state index in [1.54, 1.807) is 11.0 Å². The van der Waals surface area contributed by atoms with Crippen molar-refractivity contribution in [2.75, 3.05) is 11.4 Å². The Hall–Kier alpha value is -1.91. The van der Waals surface area contributed by atoms with E-state index in [0.29, 0.717) is 13.0 Å². The summed E-state index contributed by atoms with van der Waals surface area (Å²) in [6, 6.07) is 4.90. The molecule has 0 bridgehead atoms. The molecule has 0 radical (unpaired) electrons. The van der Waals surface area contributed by atoms with E-state index in [9.17, 15) is 14.9 Å². The van der Waals surface area contributed by atoms with Crippen molar-refractivity contribution < 1.29 is 9.72 Å². The molecule has 1 aliphatic heterocycles. The predicted octanol–water partition coefficient (Wildman–Crippen LogP) is 2.38. The molecule has 1 aromatic rings. The Morgan fingerprint density at radius 2 is 2.22 bits per heavy atom. The second-order valence-electron chi connectivity index (χ2n) is 5.07. The minimum absolute atomic E-state index is 0.0422. The average Bonchev–Trinajstić information content (AvgIpc) is 3.07. The summed E-state index contributed by atoms with van der Waals surface area (Å²) in [6.45, 7) is 2.51. The number of rotatable bonds is 2. The van der Waals surface area contributed by atoms with E-state index in [1.165, 1.54) is 6.07 Å². The van der Waals surface area contributed by atoms with Crippen LogP contribution in [0.25, 0.3) is 0 Å². The first-order valence-electron chi connectivity index (χ1n) is 6.17. The van der Waals surface area contributed by atoms with Crippen molar-refractivity contribution in [2.24, 2.45) is 0 Å². The number of hydrogen-bond donors (Lipinski definition) is 0. The van der Waals surface area contributed by atoms with Crippen LogP contribution in [0, 0.1) is 10.1 Å². The second kappa shape index (κ2) is 3.54. The molecule has 1 saturated carbocycles. The van der Waals surface area contributed by atoms with Gasteiger partial charge in [-0.1, -0.05) is 6.92 Å². The Morgan fingerprint density at radius 3 is 2.78 bits per heavy atom. The van der Waals surface area contributed by atoms with Crippen LogP contribution >= 0.6 is 0 Å². The lowest BCUT2D eigenvalue weighted by atomic mass is 9.98. The van der Waals surface area contributed by atoms with Crippen LogP contribution < -0.4 is 4.90 Å². The SMILES string of the molecule is CCC(=O)N1CC2(CC2)c2ccc([N+](=O)[O-])cc21. The molecule has 1 spiro atoms. The Labute approximate surface area is 105 Å². The number of anilines is 1. The first-order chi connectivity index (χ1) is 8.57. The number of fused-ring (bicyclic) bond motifs is 2. The van der Waals surface area contributed by atoms with Gasteiger partial charge in [-0.15, -0.1) is 0 Å². The first-order valence-corrected chi connectivity index (χ1v) is 6.17. The summed E-state index contributed by atoms with van der Waals surface area (Å²) in [5, 5.41) is 10.8. The van der Waals surface area contributed by atoms with E-state index in [1.807, 2.05) is 13.0 Å². The van der Waals surface area contributed by atoms with Crippen LogP contribution in [0.1, 0.15) is 31.7 Å². The summed E-state index contributed by atoms with van der Waals surface area (Å²) in [5.74, 6) is 0.0422. The molecule has 2 aliphatic rings. The Bertz CT molecular complexity index is 549. The van der Waals surface area contributed by atoms with Gasteiger partial charge in [0.05, 0.1) is 10.6 Å². The molecule has 1 heterocycles. The zero-order chi connectivity index (χ0) is 12.9. The van der Waals surface area contributed by atoms with Crippen LogP contribution in [-0.2, 0) is 10.2 Å². The zero-order valence-corrected chi connectivity index (χ0v) is 10.2. The highest BCUT2D eigenvalue weighted by atomic mass is 16.6. The molecule has 5 heteroatoms. The number of nitro groups is 1. The third-order valence-electron chi connectivity index (χ3n) is 3.97. The molecule has 1 fully saturated rings. The molecule has 18 heavy (non-hydrogen) atoms. The lowest BCUT2D eigenvalue weighted by molar-refractivity contribution is -0.384. The molecule has 0 saturated heterocycles. The zero-order valence-electron chi connectivity index (χ0n) is 10.2. The van der Waals surface area contributed by atoms with Crippen LogP contribution in [0.3, 0.4) is 0 Å². The molecule has 1 aromatic carbocycles. The molecule has 5 nitrogen and oxygen atoms in total. The van der Waals surface area contributed by atoms with Crippen molar-refractivity contribution in [1.29, 1.82) is 0 Å². The van der Waals surface area contributed by atoms with Gasteiger partial charge < -0.3 is 4.90 Å². The maximum atomic E-state index is 11.9. The fourth-order valence-electron chi connectivity index (χ4n) is 2.77. The van der Waals surface area contributed by atoms with Gasteiger partial charge >= 0.3 is 0 Å². The third kappa shape index (κ3) is 1.43. The number of non-ortho nitro benzene ring substituents is 1. The molecule has 0 atom stereocenters. The highest BCUT2D eigenvalue weighted by Crippen LogP contribution is 2.57. The van der Waals surface area contributed by atoms with Gasteiger partial charge in [-0.3, -0.25) is 14.9 Å². The quantitative estimate of drug-likeness (QED) is 0.594. The van der Waals surface area contributed by atoms with Gasteiger partial charge in [-0.2, -0.15) is 0 Å². The van der Waals surface area contributed by atoms with Crippen LogP contribution in [0.4, 0.5) is 11.4 Å². The van der Waals surface area contributed by atoms with E-state index in [2.05, 4.69) is 0 Å².